The zero-order chi connectivity index (χ0) is 21.0. The summed E-state index contributed by atoms with van der Waals surface area (Å²) >= 11 is 0. The summed E-state index contributed by atoms with van der Waals surface area (Å²) in [5.41, 5.74) is 2.72. The van der Waals surface area contributed by atoms with Gasteiger partial charge in [-0.3, -0.25) is 4.90 Å². The summed E-state index contributed by atoms with van der Waals surface area (Å²) in [6.07, 6.45) is 6.34. The number of halogens is 1. The molecule has 30 heavy (non-hydrogen) atoms. The van der Waals surface area contributed by atoms with Crippen molar-refractivity contribution >= 4 is 0 Å². The van der Waals surface area contributed by atoms with Crippen LogP contribution in [0.25, 0.3) is 5.69 Å². The van der Waals surface area contributed by atoms with Crippen LogP contribution in [0.15, 0.2) is 60.9 Å². The highest BCUT2D eigenvalue weighted by atomic mass is 19.1. The number of benzene rings is 2. The summed E-state index contributed by atoms with van der Waals surface area (Å²) in [7, 11) is 1.67. The Bertz CT molecular complexity index is 976. The molecule has 0 saturated carbocycles. The highest BCUT2D eigenvalue weighted by molar-refractivity contribution is 5.40. The Morgan fingerprint density at radius 2 is 2.10 bits per heavy atom. The maximum Gasteiger partial charge on any atom is 0.123 e. The van der Waals surface area contributed by atoms with E-state index in [1.54, 1.807) is 30.1 Å². The first-order valence-corrected chi connectivity index (χ1v) is 10.4. The lowest BCUT2D eigenvalue weighted by Gasteiger charge is -2.42. The molecule has 6 heteroatoms. The van der Waals surface area contributed by atoms with Gasteiger partial charge in [0.15, 0.2) is 0 Å². The van der Waals surface area contributed by atoms with Crippen molar-refractivity contribution in [2.24, 2.45) is 5.41 Å². The van der Waals surface area contributed by atoms with Crippen LogP contribution in [0.1, 0.15) is 24.0 Å². The van der Waals surface area contributed by atoms with Crippen LogP contribution in [0, 0.1) is 11.2 Å². The summed E-state index contributed by atoms with van der Waals surface area (Å²) in [5, 5.41) is 14.6. The molecule has 0 bridgehead atoms. The van der Waals surface area contributed by atoms with Crippen molar-refractivity contribution in [3.05, 3.63) is 77.9 Å². The summed E-state index contributed by atoms with van der Waals surface area (Å²) in [6, 6.07) is 14.7. The molecule has 2 aromatic carbocycles. The van der Waals surface area contributed by atoms with Crippen LogP contribution in [0.5, 0.6) is 5.75 Å². The van der Waals surface area contributed by atoms with Gasteiger partial charge in [0, 0.05) is 30.9 Å². The number of hydrogen-bond acceptors (Lipinski definition) is 4. The van der Waals surface area contributed by atoms with Crippen LogP contribution < -0.4 is 4.74 Å². The van der Waals surface area contributed by atoms with Crippen LogP contribution >= 0.6 is 0 Å². The average molecular weight is 410 g/mol. The van der Waals surface area contributed by atoms with Crippen LogP contribution in [0.4, 0.5) is 4.39 Å². The Hall–Kier alpha value is -2.70. The molecular formula is C24H28FN3O2. The van der Waals surface area contributed by atoms with E-state index in [9.17, 15) is 9.50 Å². The van der Waals surface area contributed by atoms with Gasteiger partial charge in [-0.05, 0) is 73.3 Å². The first-order chi connectivity index (χ1) is 14.6. The number of aliphatic hydroxyl groups excluding tert-OH is 1. The van der Waals surface area contributed by atoms with Crippen molar-refractivity contribution in [1.29, 1.82) is 0 Å². The number of hydrogen-bond donors (Lipinski definition) is 1. The Kier molecular flexibility index (Phi) is 6.16. The summed E-state index contributed by atoms with van der Waals surface area (Å²) < 4.78 is 21.1. The number of nitrogens with zero attached hydrogens (tertiary/aromatic N) is 3. The lowest BCUT2D eigenvalue weighted by Crippen LogP contribution is -2.46. The van der Waals surface area contributed by atoms with Gasteiger partial charge in [0.25, 0.3) is 0 Å². The summed E-state index contributed by atoms with van der Waals surface area (Å²) in [5.74, 6) is 0.583. The molecule has 2 heterocycles. The first-order valence-electron chi connectivity index (χ1n) is 10.4. The number of aromatic nitrogens is 2. The molecule has 0 amide bonds. The third-order valence-corrected chi connectivity index (χ3v) is 5.98. The zero-order valence-corrected chi connectivity index (χ0v) is 17.3. The predicted octanol–water partition coefficient (Wildman–Crippen LogP) is 3.84. The highest BCUT2D eigenvalue weighted by Gasteiger charge is 2.35. The molecular weight excluding hydrogens is 381 g/mol. The second kappa shape index (κ2) is 8.98. The quantitative estimate of drug-likeness (QED) is 0.644. The molecule has 3 aromatic rings. The standard InChI is InChI=1S/C24H28FN3O2/c1-30-22-6-2-5-19(13-22)15-24(18-29)9-3-11-27(17-24)16-20-14-21(25)7-8-23(20)28-12-4-10-26-28/h2,4-8,10,12-14,29H,3,9,11,15-18H2,1H3/t24-/m0/s1. The smallest absolute Gasteiger partial charge is 0.123 e. The van der Waals surface area contributed by atoms with E-state index in [2.05, 4.69) is 16.1 Å². The third kappa shape index (κ3) is 4.55. The molecule has 4 rings (SSSR count). The lowest BCUT2D eigenvalue weighted by atomic mass is 9.75. The molecule has 1 aliphatic rings. The van der Waals surface area contributed by atoms with Crippen molar-refractivity contribution in [1.82, 2.24) is 14.7 Å². The largest absolute Gasteiger partial charge is 0.497 e. The maximum absolute atomic E-state index is 14.0. The number of aliphatic hydroxyl groups is 1. The summed E-state index contributed by atoms with van der Waals surface area (Å²) in [4.78, 5) is 2.32. The van der Waals surface area contributed by atoms with E-state index in [0.29, 0.717) is 6.54 Å². The topological polar surface area (TPSA) is 50.5 Å². The van der Waals surface area contributed by atoms with Crippen molar-refractivity contribution in [2.45, 2.75) is 25.8 Å². The van der Waals surface area contributed by atoms with Crippen molar-refractivity contribution < 1.29 is 14.2 Å². The highest BCUT2D eigenvalue weighted by Crippen LogP contribution is 2.35. The van der Waals surface area contributed by atoms with E-state index in [-0.39, 0.29) is 17.8 Å². The summed E-state index contributed by atoms with van der Waals surface area (Å²) in [6.45, 7) is 2.42. The predicted molar refractivity (Wildman–Crippen MR) is 114 cm³/mol. The normalized spacial score (nSPS) is 19.7. The minimum absolute atomic E-state index is 0.121. The van der Waals surface area contributed by atoms with Crippen LogP contribution in [0.2, 0.25) is 0 Å². The number of methoxy groups -OCH3 is 1. The average Bonchev–Trinajstić information content (AvgIpc) is 3.29. The van der Waals surface area contributed by atoms with Gasteiger partial charge < -0.3 is 9.84 Å². The van der Waals surface area contributed by atoms with Gasteiger partial charge in [0.1, 0.15) is 11.6 Å². The van der Waals surface area contributed by atoms with E-state index < -0.39 is 0 Å². The molecule has 0 spiro atoms. The molecule has 0 unspecified atom stereocenters. The molecule has 158 valence electrons. The third-order valence-electron chi connectivity index (χ3n) is 5.98. The van der Waals surface area contributed by atoms with E-state index in [1.807, 2.05) is 30.5 Å². The van der Waals surface area contributed by atoms with Crippen LogP contribution in [0.3, 0.4) is 0 Å². The SMILES string of the molecule is COc1cccc(C[C@@]2(CO)CCCN(Cc3cc(F)ccc3-n3cccn3)C2)c1. The molecule has 1 aromatic heterocycles. The molecule has 1 saturated heterocycles. The van der Waals surface area contributed by atoms with Gasteiger partial charge in [-0.15, -0.1) is 0 Å². The fourth-order valence-electron chi connectivity index (χ4n) is 4.55. The van der Waals surface area contributed by atoms with Gasteiger partial charge in [0.05, 0.1) is 19.4 Å². The van der Waals surface area contributed by atoms with Crippen molar-refractivity contribution in [2.75, 3.05) is 26.8 Å². The first kappa shape index (κ1) is 20.6. The van der Waals surface area contributed by atoms with Gasteiger partial charge in [0.2, 0.25) is 0 Å². The fourth-order valence-corrected chi connectivity index (χ4v) is 4.55. The minimum atomic E-state index is -0.247. The molecule has 0 aliphatic carbocycles. The van der Waals surface area contributed by atoms with Gasteiger partial charge in [-0.1, -0.05) is 12.1 Å². The Morgan fingerprint density at radius 1 is 1.20 bits per heavy atom. The van der Waals surface area contributed by atoms with E-state index >= 15 is 0 Å². The van der Waals surface area contributed by atoms with Gasteiger partial charge in [-0.25, -0.2) is 9.07 Å². The monoisotopic (exact) mass is 409 g/mol. The van der Waals surface area contributed by atoms with Crippen molar-refractivity contribution in [3.8, 4) is 11.4 Å². The minimum Gasteiger partial charge on any atom is -0.497 e. The molecule has 5 nitrogen and oxygen atoms in total. The Morgan fingerprint density at radius 3 is 2.87 bits per heavy atom. The fraction of sp³-hybridized carbons (Fsp3) is 0.375. The molecule has 1 atom stereocenters. The second-order valence-corrected chi connectivity index (χ2v) is 8.22. The van der Waals surface area contributed by atoms with Gasteiger partial charge >= 0.3 is 0 Å². The number of rotatable bonds is 7. The number of likely N-dealkylation sites (tertiary alicyclic amines) is 1. The number of ether oxygens (including phenoxy) is 1. The molecule has 1 aliphatic heterocycles. The van der Waals surface area contributed by atoms with Crippen LogP contribution in [-0.4, -0.2) is 46.6 Å². The molecule has 1 N–H and O–H groups in total. The Balaban J connectivity index is 1.54. The maximum atomic E-state index is 14.0. The van der Waals surface area contributed by atoms with Gasteiger partial charge in [-0.2, -0.15) is 5.10 Å². The van der Waals surface area contributed by atoms with E-state index in [0.717, 1.165) is 54.9 Å². The molecule has 1 fully saturated rings. The lowest BCUT2D eigenvalue weighted by molar-refractivity contribution is 0.0288. The zero-order valence-electron chi connectivity index (χ0n) is 17.3. The van der Waals surface area contributed by atoms with E-state index in [4.69, 9.17) is 4.74 Å². The Labute approximate surface area is 176 Å². The van der Waals surface area contributed by atoms with Crippen molar-refractivity contribution in [3.63, 3.8) is 0 Å². The molecule has 0 radical (unpaired) electrons. The van der Waals surface area contributed by atoms with Crippen LogP contribution in [-0.2, 0) is 13.0 Å². The van der Waals surface area contributed by atoms with E-state index in [1.165, 1.54) is 6.07 Å². The number of piperidine rings is 1. The second-order valence-electron chi connectivity index (χ2n) is 8.22.